The third-order valence-electron chi connectivity index (χ3n) is 6.36. The van der Waals surface area contributed by atoms with Gasteiger partial charge in [-0.3, -0.25) is 4.79 Å². The zero-order chi connectivity index (χ0) is 17.8. The second kappa shape index (κ2) is 8.39. The van der Waals surface area contributed by atoms with E-state index in [4.69, 9.17) is 0 Å². The SMILES string of the molecule is CNCCC1CCN(C(=O)c2cc(C)n(C3CCCCC3)c2C)CC1. The highest BCUT2D eigenvalue weighted by Crippen LogP contribution is 2.33. The van der Waals surface area contributed by atoms with Gasteiger partial charge in [0.15, 0.2) is 0 Å². The fourth-order valence-electron chi connectivity index (χ4n) is 4.84. The monoisotopic (exact) mass is 345 g/mol. The van der Waals surface area contributed by atoms with Crippen molar-refractivity contribution in [3.63, 3.8) is 0 Å². The maximum atomic E-state index is 13.1. The average molecular weight is 346 g/mol. The van der Waals surface area contributed by atoms with E-state index in [0.29, 0.717) is 6.04 Å². The summed E-state index contributed by atoms with van der Waals surface area (Å²) in [7, 11) is 2.01. The van der Waals surface area contributed by atoms with Crippen LogP contribution in [0.25, 0.3) is 0 Å². The minimum absolute atomic E-state index is 0.252. The Morgan fingerprint density at radius 1 is 1.12 bits per heavy atom. The summed E-state index contributed by atoms with van der Waals surface area (Å²) >= 11 is 0. The van der Waals surface area contributed by atoms with Crippen molar-refractivity contribution in [3.8, 4) is 0 Å². The Morgan fingerprint density at radius 2 is 1.80 bits per heavy atom. The maximum absolute atomic E-state index is 13.1. The molecule has 1 aromatic heterocycles. The van der Waals surface area contributed by atoms with Crippen LogP contribution in [0.4, 0.5) is 0 Å². The fraction of sp³-hybridized carbons (Fsp3) is 0.762. The van der Waals surface area contributed by atoms with Crippen molar-refractivity contribution in [3.05, 3.63) is 23.0 Å². The second-order valence-corrected chi connectivity index (χ2v) is 8.07. The molecule has 4 nitrogen and oxygen atoms in total. The summed E-state index contributed by atoms with van der Waals surface area (Å²) in [6.07, 6.45) is 10.1. The highest BCUT2D eigenvalue weighted by molar-refractivity contribution is 5.95. The predicted octanol–water partition coefficient (Wildman–Crippen LogP) is 4.07. The zero-order valence-corrected chi connectivity index (χ0v) is 16.3. The minimum atomic E-state index is 0.252. The van der Waals surface area contributed by atoms with Crippen molar-refractivity contribution >= 4 is 5.91 Å². The molecule has 1 saturated carbocycles. The summed E-state index contributed by atoms with van der Waals surface area (Å²) in [5.41, 5.74) is 3.39. The van der Waals surface area contributed by atoms with E-state index in [0.717, 1.165) is 44.0 Å². The molecule has 1 aromatic rings. The molecule has 2 heterocycles. The van der Waals surface area contributed by atoms with Crippen molar-refractivity contribution in [2.24, 2.45) is 5.92 Å². The maximum Gasteiger partial charge on any atom is 0.255 e. The van der Waals surface area contributed by atoms with Crippen LogP contribution in [0.5, 0.6) is 0 Å². The Kier molecular flexibility index (Phi) is 6.21. The molecule has 2 fully saturated rings. The first-order valence-corrected chi connectivity index (χ1v) is 10.2. The summed E-state index contributed by atoms with van der Waals surface area (Å²) in [4.78, 5) is 15.2. The Labute approximate surface area is 153 Å². The first kappa shape index (κ1) is 18.5. The first-order valence-electron chi connectivity index (χ1n) is 10.2. The van der Waals surface area contributed by atoms with Gasteiger partial charge >= 0.3 is 0 Å². The van der Waals surface area contributed by atoms with Crippen molar-refractivity contribution in [2.75, 3.05) is 26.7 Å². The van der Waals surface area contributed by atoms with Crippen molar-refractivity contribution in [1.29, 1.82) is 0 Å². The lowest BCUT2D eigenvalue weighted by Crippen LogP contribution is -2.39. The van der Waals surface area contributed by atoms with Crippen LogP contribution in [0.2, 0.25) is 0 Å². The van der Waals surface area contributed by atoms with Crippen LogP contribution in [0.1, 0.15) is 79.2 Å². The number of rotatable bonds is 5. The molecule has 140 valence electrons. The van der Waals surface area contributed by atoms with E-state index in [2.05, 4.69) is 34.7 Å². The van der Waals surface area contributed by atoms with Gasteiger partial charge < -0.3 is 14.8 Å². The summed E-state index contributed by atoms with van der Waals surface area (Å²) < 4.78 is 2.45. The van der Waals surface area contributed by atoms with E-state index >= 15 is 0 Å². The molecular weight excluding hydrogens is 310 g/mol. The molecule has 0 atom stereocenters. The van der Waals surface area contributed by atoms with Crippen LogP contribution in [0.3, 0.4) is 0 Å². The van der Waals surface area contributed by atoms with Gasteiger partial charge in [0.25, 0.3) is 5.91 Å². The van der Waals surface area contributed by atoms with Gasteiger partial charge in [-0.05, 0) is 71.5 Å². The van der Waals surface area contributed by atoms with Gasteiger partial charge in [0.05, 0.1) is 5.56 Å². The predicted molar refractivity (Wildman–Crippen MR) is 103 cm³/mol. The van der Waals surface area contributed by atoms with Gasteiger partial charge in [0.2, 0.25) is 0 Å². The third-order valence-corrected chi connectivity index (χ3v) is 6.36. The molecular formula is C21H35N3O. The van der Waals surface area contributed by atoms with Gasteiger partial charge in [0.1, 0.15) is 0 Å². The molecule has 1 aliphatic heterocycles. The zero-order valence-electron chi connectivity index (χ0n) is 16.3. The lowest BCUT2D eigenvalue weighted by molar-refractivity contribution is 0.0686. The number of aromatic nitrogens is 1. The van der Waals surface area contributed by atoms with Crippen LogP contribution in [0, 0.1) is 19.8 Å². The van der Waals surface area contributed by atoms with Gasteiger partial charge in [-0.1, -0.05) is 19.3 Å². The number of carbonyl (C=O) groups excluding carboxylic acids is 1. The van der Waals surface area contributed by atoms with Crippen LogP contribution in [-0.4, -0.2) is 42.1 Å². The van der Waals surface area contributed by atoms with Crippen molar-refractivity contribution in [2.45, 2.75) is 71.3 Å². The molecule has 0 aromatic carbocycles. The Bertz CT molecular complexity index is 578. The molecule has 0 unspecified atom stereocenters. The number of hydrogen-bond donors (Lipinski definition) is 1. The molecule has 1 aliphatic carbocycles. The lowest BCUT2D eigenvalue weighted by Gasteiger charge is -2.32. The van der Waals surface area contributed by atoms with Crippen molar-refractivity contribution in [1.82, 2.24) is 14.8 Å². The number of carbonyl (C=O) groups is 1. The van der Waals surface area contributed by atoms with Crippen LogP contribution >= 0.6 is 0 Å². The van der Waals surface area contributed by atoms with E-state index in [1.165, 1.54) is 49.9 Å². The highest BCUT2D eigenvalue weighted by Gasteiger charge is 2.27. The Balaban J connectivity index is 1.67. The normalized spacial score (nSPS) is 20.2. The quantitative estimate of drug-likeness (QED) is 0.873. The molecule has 0 bridgehead atoms. The molecule has 25 heavy (non-hydrogen) atoms. The topological polar surface area (TPSA) is 37.3 Å². The van der Waals surface area contributed by atoms with E-state index in [-0.39, 0.29) is 5.91 Å². The number of piperidine rings is 1. The molecule has 1 N–H and O–H groups in total. The fourth-order valence-corrected chi connectivity index (χ4v) is 4.84. The van der Waals surface area contributed by atoms with Crippen molar-refractivity contribution < 1.29 is 4.79 Å². The highest BCUT2D eigenvalue weighted by atomic mass is 16.2. The lowest BCUT2D eigenvalue weighted by atomic mass is 9.93. The number of nitrogens with zero attached hydrogens (tertiary/aromatic N) is 2. The molecule has 0 radical (unpaired) electrons. The largest absolute Gasteiger partial charge is 0.345 e. The van der Waals surface area contributed by atoms with E-state index in [9.17, 15) is 4.79 Å². The number of hydrogen-bond acceptors (Lipinski definition) is 2. The molecule has 0 spiro atoms. The molecule has 1 saturated heterocycles. The van der Waals surface area contributed by atoms with Gasteiger partial charge in [-0.15, -0.1) is 0 Å². The molecule has 1 amide bonds. The third kappa shape index (κ3) is 4.11. The number of likely N-dealkylation sites (tertiary alicyclic amines) is 1. The van der Waals surface area contributed by atoms with E-state index < -0.39 is 0 Å². The smallest absolute Gasteiger partial charge is 0.255 e. The molecule has 4 heteroatoms. The molecule has 3 rings (SSSR count). The summed E-state index contributed by atoms with van der Waals surface area (Å²) in [5, 5.41) is 3.24. The minimum Gasteiger partial charge on any atom is -0.345 e. The van der Waals surface area contributed by atoms with Crippen LogP contribution in [-0.2, 0) is 0 Å². The van der Waals surface area contributed by atoms with Crippen LogP contribution < -0.4 is 5.32 Å². The summed E-state index contributed by atoms with van der Waals surface area (Å²) in [5.74, 6) is 1.02. The summed E-state index contributed by atoms with van der Waals surface area (Å²) in [6, 6.07) is 2.74. The Morgan fingerprint density at radius 3 is 2.44 bits per heavy atom. The first-order chi connectivity index (χ1) is 12.1. The average Bonchev–Trinajstić information content (AvgIpc) is 2.95. The van der Waals surface area contributed by atoms with Gasteiger partial charge in [-0.2, -0.15) is 0 Å². The van der Waals surface area contributed by atoms with Gasteiger partial charge in [-0.25, -0.2) is 0 Å². The standard InChI is InChI=1S/C21H35N3O/c1-16-15-20(17(2)24(16)19-7-5-4-6-8-19)21(25)23-13-10-18(11-14-23)9-12-22-3/h15,18-19,22H,4-14H2,1-3H3. The second-order valence-electron chi connectivity index (χ2n) is 8.07. The molecule has 2 aliphatic rings. The van der Waals surface area contributed by atoms with E-state index in [1.807, 2.05) is 7.05 Å². The summed E-state index contributed by atoms with van der Waals surface area (Å²) in [6.45, 7) is 7.23. The number of nitrogens with one attached hydrogen (secondary N) is 1. The number of amides is 1. The Hall–Kier alpha value is -1.29. The number of aryl methyl sites for hydroxylation is 1. The van der Waals surface area contributed by atoms with Gasteiger partial charge in [0, 0.05) is 30.5 Å². The van der Waals surface area contributed by atoms with E-state index in [1.54, 1.807) is 0 Å². The van der Waals surface area contributed by atoms with Crippen LogP contribution in [0.15, 0.2) is 6.07 Å².